The molecule has 0 atom stereocenters. The zero-order valence-electron chi connectivity index (χ0n) is 22.8. The minimum Gasteiger partial charge on any atom is -0.304 e. The van der Waals surface area contributed by atoms with Crippen LogP contribution >= 0.6 is 48.0 Å². The molecule has 0 aromatic heterocycles. The number of hydrazine groups is 2. The normalized spacial score (nSPS) is 23.9. The summed E-state index contributed by atoms with van der Waals surface area (Å²) in [6.07, 6.45) is 1.44. The Labute approximate surface area is 254 Å². The first-order chi connectivity index (χ1) is 19.1. The number of nitrogens with one attached hydrogen (secondary N) is 2. The maximum absolute atomic E-state index is 13.2. The highest BCUT2D eigenvalue weighted by atomic mass is 32.2. The largest absolute Gasteiger partial charge is 0.304 e. The van der Waals surface area contributed by atoms with Gasteiger partial charge in [-0.3, -0.25) is 39.8 Å². The average Bonchev–Trinajstić information content (AvgIpc) is 3.35. The van der Waals surface area contributed by atoms with Gasteiger partial charge in [0.15, 0.2) is 0 Å². The van der Waals surface area contributed by atoms with Crippen LogP contribution in [0.25, 0.3) is 0 Å². The van der Waals surface area contributed by atoms with E-state index < -0.39 is 0 Å². The molecule has 40 heavy (non-hydrogen) atoms. The molecule has 4 fully saturated rings. The minimum atomic E-state index is -0.332. The molecule has 0 bridgehead atoms. The fourth-order valence-electron chi connectivity index (χ4n) is 4.55. The third-order valence-electron chi connectivity index (χ3n) is 7.05. The van der Waals surface area contributed by atoms with Crippen LogP contribution in [-0.4, -0.2) is 141 Å². The summed E-state index contributed by atoms with van der Waals surface area (Å²) >= 11 is 13.0. The van der Waals surface area contributed by atoms with Gasteiger partial charge in [-0.05, 0) is 26.9 Å². The predicted octanol–water partition coefficient (Wildman–Crippen LogP) is 0.0362. The Morgan fingerprint density at radius 1 is 0.675 bits per heavy atom. The van der Waals surface area contributed by atoms with E-state index in [1.165, 1.54) is 9.80 Å². The van der Waals surface area contributed by atoms with E-state index in [0.29, 0.717) is 34.6 Å². The van der Waals surface area contributed by atoms with Crippen LogP contribution in [0.4, 0.5) is 0 Å². The monoisotopic (exact) mass is 628 g/mol. The lowest BCUT2D eigenvalue weighted by Gasteiger charge is -2.32. The van der Waals surface area contributed by atoms with E-state index in [4.69, 9.17) is 24.4 Å². The highest BCUT2D eigenvalue weighted by Crippen LogP contribution is 2.42. The fourth-order valence-corrected chi connectivity index (χ4v) is 7.32. The van der Waals surface area contributed by atoms with Crippen molar-refractivity contribution in [2.24, 2.45) is 0 Å². The molecule has 12 nitrogen and oxygen atoms in total. The number of hydrogen-bond acceptors (Lipinski definition) is 12. The van der Waals surface area contributed by atoms with Crippen LogP contribution in [0, 0.1) is 0 Å². The van der Waals surface area contributed by atoms with Gasteiger partial charge in [-0.15, -0.1) is 0 Å². The molecule has 0 radical (unpaired) electrons. The van der Waals surface area contributed by atoms with E-state index in [1.54, 1.807) is 0 Å². The number of carbonyl (C=O) groups is 4. The Morgan fingerprint density at radius 2 is 1.02 bits per heavy atom. The molecule has 0 aromatic rings. The van der Waals surface area contributed by atoms with Gasteiger partial charge in [0.05, 0.1) is 9.81 Å². The lowest BCUT2D eigenvalue weighted by atomic mass is 10.2. The number of hydrogen-bond donors (Lipinski definition) is 2. The number of thioether (sulfide) groups is 2. The third-order valence-corrected chi connectivity index (χ3v) is 10.1. The molecular weight excluding hydrogens is 593 g/mol. The molecule has 0 saturated carbocycles. The summed E-state index contributed by atoms with van der Waals surface area (Å²) in [6.45, 7) is 7.30. The summed E-state index contributed by atoms with van der Waals surface area (Å²) in [5.74, 6) is -0.843. The molecule has 0 spiro atoms. The highest BCUT2D eigenvalue weighted by Gasteiger charge is 2.41. The first-order valence-electron chi connectivity index (χ1n) is 13.4. The molecular formula is C24H36N8O4S4. The SMILES string of the molecule is CN1CCN(NC(=O)CCCN2C(=O)/C(=C3\SC(=S)N(CCCC(=O)NN4CCN(C)CC4)C3=O)SC2=S)CC1. The van der Waals surface area contributed by atoms with Gasteiger partial charge in [0, 0.05) is 78.3 Å². The number of carbonyl (C=O) groups excluding carboxylic acids is 4. The van der Waals surface area contributed by atoms with Gasteiger partial charge in [0.25, 0.3) is 11.8 Å². The molecule has 16 heteroatoms. The van der Waals surface area contributed by atoms with Crippen LogP contribution < -0.4 is 10.9 Å². The molecule has 4 aliphatic heterocycles. The summed E-state index contributed by atoms with van der Waals surface area (Å²) in [5.41, 5.74) is 5.84. The Kier molecular flexibility index (Phi) is 11.3. The number of piperazine rings is 2. The molecule has 0 aromatic carbocycles. The predicted molar refractivity (Wildman–Crippen MR) is 164 cm³/mol. The van der Waals surface area contributed by atoms with Crippen LogP contribution in [-0.2, 0) is 19.2 Å². The van der Waals surface area contributed by atoms with Gasteiger partial charge < -0.3 is 9.80 Å². The zero-order chi connectivity index (χ0) is 28.8. The second-order valence-corrected chi connectivity index (χ2v) is 13.5. The summed E-state index contributed by atoms with van der Waals surface area (Å²) in [6, 6.07) is 0. The average molecular weight is 629 g/mol. The molecule has 4 rings (SSSR count). The van der Waals surface area contributed by atoms with Crippen molar-refractivity contribution in [1.82, 2.24) is 40.5 Å². The first kappa shape index (κ1) is 31.3. The van der Waals surface area contributed by atoms with Gasteiger partial charge >= 0.3 is 0 Å². The van der Waals surface area contributed by atoms with Gasteiger partial charge in [0.1, 0.15) is 8.64 Å². The Bertz CT molecular complexity index is 991. The van der Waals surface area contributed by atoms with Crippen LogP contribution in [0.2, 0.25) is 0 Å². The quantitative estimate of drug-likeness (QED) is 0.252. The van der Waals surface area contributed by atoms with Crippen molar-refractivity contribution in [1.29, 1.82) is 0 Å². The van der Waals surface area contributed by atoms with E-state index in [2.05, 4.69) is 34.7 Å². The van der Waals surface area contributed by atoms with E-state index in [-0.39, 0.29) is 46.3 Å². The van der Waals surface area contributed by atoms with Gasteiger partial charge in [-0.1, -0.05) is 48.0 Å². The van der Waals surface area contributed by atoms with E-state index in [9.17, 15) is 19.2 Å². The smallest absolute Gasteiger partial charge is 0.267 e. The Balaban J connectivity index is 1.22. The maximum Gasteiger partial charge on any atom is 0.267 e. The maximum atomic E-state index is 13.2. The fraction of sp³-hybridized carbons (Fsp3) is 0.667. The van der Waals surface area contributed by atoms with Gasteiger partial charge in [-0.25, -0.2) is 10.0 Å². The van der Waals surface area contributed by atoms with Crippen molar-refractivity contribution in [2.75, 3.05) is 79.5 Å². The number of nitrogens with zero attached hydrogens (tertiary/aromatic N) is 6. The molecule has 2 N–H and O–H groups in total. The number of likely N-dealkylation sites (N-methyl/N-ethyl adjacent to an activating group) is 2. The van der Waals surface area contributed by atoms with Gasteiger partial charge in [0.2, 0.25) is 11.8 Å². The summed E-state index contributed by atoms with van der Waals surface area (Å²) in [4.78, 5) is 58.9. The zero-order valence-corrected chi connectivity index (χ0v) is 26.1. The van der Waals surface area contributed by atoms with Gasteiger partial charge in [-0.2, -0.15) is 0 Å². The number of thiocarbonyl (C=S) groups is 2. The molecule has 4 amide bonds. The summed E-state index contributed by atoms with van der Waals surface area (Å²) in [5, 5.41) is 3.84. The third kappa shape index (κ3) is 8.21. The van der Waals surface area contributed by atoms with E-state index in [1.807, 2.05) is 10.0 Å². The highest BCUT2D eigenvalue weighted by molar-refractivity contribution is 8.29. The summed E-state index contributed by atoms with van der Waals surface area (Å²) in [7, 11) is 4.10. The number of amides is 4. The second-order valence-electron chi connectivity index (χ2n) is 10.2. The Morgan fingerprint density at radius 3 is 1.38 bits per heavy atom. The van der Waals surface area contributed by atoms with Crippen molar-refractivity contribution >= 4 is 80.2 Å². The van der Waals surface area contributed by atoms with E-state index in [0.717, 1.165) is 75.9 Å². The second kappa shape index (κ2) is 14.5. The van der Waals surface area contributed by atoms with Crippen molar-refractivity contribution < 1.29 is 19.2 Å². The first-order valence-corrected chi connectivity index (χ1v) is 15.8. The van der Waals surface area contributed by atoms with Crippen LogP contribution in [0.15, 0.2) is 9.81 Å². The number of rotatable bonds is 10. The molecule has 4 aliphatic rings. The lowest BCUT2D eigenvalue weighted by molar-refractivity contribution is -0.128. The van der Waals surface area contributed by atoms with Crippen molar-refractivity contribution in [3.63, 3.8) is 0 Å². The van der Waals surface area contributed by atoms with Crippen molar-refractivity contribution in [3.8, 4) is 0 Å². The van der Waals surface area contributed by atoms with E-state index >= 15 is 0 Å². The molecule has 0 aliphatic carbocycles. The van der Waals surface area contributed by atoms with Crippen LogP contribution in [0.5, 0.6) is 0 Å². The van der Waals surface area contributed by atoms with Crippen molar-refractivity contribution in [2.45, 2.75) is 25.7 Å². The molecule has 0 unspecified atom stereocenters. The minimum absolute atomic E-state index is 0.0897. The van der Waals surface area contributed by atoms with Crippen LogP contribution in [0.3, 0.4) is 0 Å². The molecule has 4 heterocycles. The van der Waals surface area contributed by atoms with Crippen molar-refractivity contribution in [3.05, 3.63) is 9.81 Å². The standard InChI is InChI=1S/C24H36N8O4S4/c1-27-9-13-29(14-10-27)25-17(33)5-3-7-31-21(35)19(39-23(31)37)20-22(36)32(24(38)40-20)8-4-6-18(34)26-30-15-11-28(2)12-16-30/h3-16H2,1-2H3,(H,25,33)(H,26,34)/b20-19+. The topological polar surface area (TPSA) is 112 Å². The lowest BCUT2D eigenvalue weighted by Crippen LogP contribution is -2.52. The Hall–Kier alpha value is -1.66. The summed E-state index contributed by atoms with van der Waals surface area (Å²) < 4.78 is 0.732. The molecule has 220 valence electrons. The van der Waals surface area contributed by atoms with Crippen LogP contribution in [0.1, 0.15) is 25.7 Å². The molecule has 4 saturated heterocycles.